The molecule has 1 aromatic carbocycles. The van der Waals surface area contributed by atoms with Gasteiger partial charge < -0.3 is 16.1 Å². The molecule has 6 nitrogen and oxygen atoms in total. The number of nitrogens with zero attached hydrogens (tertiary/aromatic N) is 1. The molecule has 0 spiro atoms. The highest BCUT2D eigenvalue weighted by molar-refractivity contribution is 6.36. The number of nitrogens with two attached hydrogens (primary N) is 2. The third kappa shape index (κ3) is 3.78. The summed E-state index contributed by atoms with van der Waals surface area (Å²) in [5, 5.41) is 6.30. The minimum Gasteiger partial charge on any atom is -0.318 e. The number of nitrogen functional groups attached to an aromatic ring is 1. The molecule has 1 saturated carbocycles. The highest BCUT2D eigenvalue weighted by Gasteiger charge is 2.25. The Morgan fingerprint density at radius 1 is 1.27 bits per heavy atom. The van der Waals surface area contributed by atoms with Gasteiger partial charge >= 0.3 is 0 Å². The molecule has 26 heavy (non-hydrogen) atoms. The van der Waals surface area contributed by atoms with Gasteiger partial charge in [0.1, 0.15) is 5.69 Å². The third-order valence-electron chi connectivity index (χ3n) is 5.24. The average Bonchev–Trinajstić information content (AvgIpc) is 3.52. The highest BCUT2D eigenvalue weighted by Crippen LogP contribution is 2.37. The zero-order valence-electron chi connectivity index (χ0n) is 14.9. The summed E-state index contributed by atoms with van der Waals surface area (Å²) in [6, 6.07) is 8.43. The predicted octanol–water partition coefficient (Wildman–Crippen LogP) is 1.12. The van der Waals surface area contributed by atoms with Crippen LogP contribution in [0.15, 0.2) is 30.5 Å². The van der Waals surface area contributed by atoms with Crippen LogP contribution in [0.1, 0.15) is 12.8 Å². The lowest BCUT2D eigenvalue weighted by atomic mass is 10.0. The summed E-state index contributed by atoms with van der Waals surface area (Å²) in [6.07, 6.45) is 4.65. The highest BCUT2D eigenvalue weighted by atomic mass is 35.5. The molecular weight excluding hydrogens is 348 g/mol. The van der Waals surface area contributed by atoms with E-state index in [2.05, 4.69) is 50.2 Å². The number of benzene rings is 1. The maximum atomic E-state index is 6.72. The number of hydrogen-bond acceptors (Lipinski definition) is 4. The number of halogens is 1. The van der Waals surface area contributed by atoms with Crippen molar-refractivity contribution in [2.75, 3.05) is 43.0 Å². The maximum absolute atomic E-state index is 6.72. The molecule has 0 bridgehead atoms. The van der Waals surface area contributed by atoms with Crippen molar-refractivity contribution in [1.29, 1.82) is 0 Å². The SMILES string of the molecule is NNc1c([NH2+]CC2CC2)ccc(-c2cc[nH+]c(N3CCNCC3)c2)c1Cl. The molecule has 0 radical (unpaired) electrons. The first-order valence-corrected chi connectivity index (χ1v) is 9.74. The summed E-state index contributed by atoms with van der Waals surface area (Å²) in [5.74, 6) is 7.75. The van der Waals surface area contributed by atoms with Gasteiger partial charge in [-0.2, -0.15) is 0 Å². The Bertz CT molecular complexity index is 771. The van der Waals surface area contributed by atoms with Gasteiger partial charge in [0.25, 0.3) is 5.82 Å². The van der Waals surface area contributed by atoms with E-state index in [0.717, 1.165) is 67.0 Å². The van der Waals surface area contributed by atoms with Crippen LogP contribution in [-0.2, 0) is 0 Å². The zero-order valence-corrected chi connectivity index (χ0v) is 15.6. The smallest absolute Gasteiger partial charge is 0.274 e. The van der Waals surface area contributed by atoms with Crippen molar-refractivity contribution >= 4 is 28.8 Å². The van der Waals surface area contributed by atoms with Crippen molar-refractivity contribution in [2.24, 2.45) is 11.8 Å². The number of aromatic amines is 1. The Morgan fingerprint density at radius 3 is 2.81 bits per heavy atom. The van der Waals surface area contributed by atoms with Crippen LogP contribution in [0, 0.1) is 5.92 Å². The van der Waals surface area contributed by atoms with Gasteiger partial charge in [0.15, 0.2) is 5.69 Å². The van der Waals surface area contributed by atoms with Gasteiger partial charge in [-0.3, -0.25) is 10.7 Å². The minimum absolute atomic E-state index is 0.675. The lowest BCUT2D eigenvalue weighted by Gasteiger charge is -2.22. The molecule has 2 aromatic rings. The summed E-state index contributed by atoms with van der Waals surface area (Å²) in [4.78, 5) is 5.71. The van der Waals surface area contributed by atoms with Crippen molar-refractivity contribution in [3.05, 3.63) is 35.5 Å². The van der Waals surface area contributed by atoms with E-state index in [9.17, 15) is 0 Å². The molecule has 1 aliphatic heterocycles. The maximum Gasteiger partial charge on any atom is 0.274 e. The second-order valence-corrected chi connectivity index (χ2v) is 7.50. The van der Waals surface area contributed by atoms with Gasteiger partial charge in [0, 0.05) is 36.7 Å². The molecule has 2 heterocycles. The molecular formula is C19H27ClN6+2. The van der Waals surface area contributed by atoms with Crippen LogP contribution in [0.4, 0.5) is 17.2 Å². The van der Waals surface area contributed by atoms with Crippen molar-refractivity contribution < 1.29 is 10.3 Å². The number of rotatable bonds is 6. The van der Waals surface area contributed by atoms with Crippen LogP contribution >= 0.6 is 11.6 Å². The lowest BCUT2D eigenvalue weighted by Crippen LogP contribution is -2.78. The molecule has 0 atom stereocenters. The fraction of sp³-hybridized carbons (Fsp3) is 0.421. The number of piperazine rings is 1. The summed E-state index contributed by atoms with van der Waals surface area (Å²) in [6.45, 7) is 5.10. The molecule has 7 N–H and O–H groups in total. The van der Waals surface area contributed by atoms with Gasteiger partial charge in [-0.15, -0.1) is 0 Å². The molecule has 1 saturated heterocycles. The second kappa shape index (κ2) is 7.80. The number of anilines is 2. The minimum atomic E-state index is 0.675. The number of hydrogen-bond donors (Lipinski definition) is 4. The van der Waals surface area contributed by atoms with Gasteiger partial charge in [0.05, 0.1) is 30.9 Å². The Kier molecular flexibility index (Phi) is 5.26. The van der Waals surface area contributed by atoms with Crippen molar-refractivity contribution in [2.45, 2.75) is 12.8 Å². The average molecular weight is 375 g/mol. The molecule has 0 amide bonds. The van der Waals surface area contributed by atoms with Gasteiger partial charge in [-0.1, -0.05) is 11.6 Å². The zero-order chi connectivity index (χ0) is 17.9. The molecule has 2 fully saturated rings. The largest absolute Gasteiger partial charge is 0.318 e. The van der Waals surface area contributed by atoms with Crippen LogP contribution in [0.3, 0.4) is 0 Å². The number of H-pyrrole nitrogens is 1. The van der Waals surface area contributed by atoms with E-state index in [1.54, 1.807) is 0 Å². The monoisotopic (exact) mass is 374 g/mol. The molecule has 0 unspecified atom stereocenters. The predicted molar refractivity (Wildman–Crippen MR) is 106 cm³/mol. The fourth-order valence-electron chi connectivity index (χ4n) is 3.49. The Morgan fingerprint density at radius 2 is 2.08 bits per heavy atom. The normalized spacial score (nSPS) is 17.4. The number of quaternary nitrogens is 1. The third-order valence-corrected chi connectivity index (χ3v) is 5.63. The van der Waals surface area contributed by atoms with E-state index in [1.807, 2.05) is 6.20 Å². The number of aromatic nitrogens is 1. The van der Waals surface area contributed by atoms with Crippen LogP contribution in [0.5, 0.6) is 0 Å². The molecule has 1 aliphatic carbocycles. The van der Waals surface area contributed by atoms with Gasteiger partial charge in [-0.25, -0.2) is 4.98 Å². The molecule has 7 heteroatoms. The molecule has 138 valence electrons. The Balaban J connectivity index is 1.62. The quantitative estimate of drug-likeness (QED) is 0.347. The van der Waals surface area contributed by atoms with E-state index in [1.165, 1.54) is 12.8 Å². The van der Waals surface area contributed by atoms with E-state index in [0.29, 0.717) is 5.02 Å². The summed E-state index contributed by atoms with van der Waals surface area (Å²) < 4.78 is 0. The van der Waals surface area contributed by atoms with Crippen LogP contribution in [0.2, 0.25) is 5.02 Å². The van der Waals surface area contributed by atoms with Crippen molar-refractivity contribution in [1.82, 2.24) is 5.32 Å². The van der Waals surface area contributed by atoms with E-state index < -0.39 is 0 Å². The molecule has 4 rings (SSSR count). The molecule has 2 aliphatic rings. The first-order valence-electron chi connectivity index (χ1n) is 9.36. The Labute approximate surface area is 159 Å². The van der Waals surface area contributed by atoms with Gasteiger partial charge in [-0.05, 0) is 30.5 Å². The summed E-state index contributed by atoms with van der Waals surface area (Å²) in [5.41, 5.74) is 6.78. The summed E-state index contributed by atoms with van der Waals surface area (Å²) >= 11 is 6.72. The number of nitrogens with one attached hydrogen (secondary N) is 3. The topological polar surface area (TPSA) is 84.1 Å². The van der Waals surface area contributed by atoms with Crippen molar-refractivity contribution in [3.8, 4) is 11.1 Å². The standard InChI is InChI=1S/C19H25ClN6/c20-18-15(3-4-16(19(18)25-21)24-12-13-1-2-13)14-5-6-23-17(11-14)26-9-7-22-8-10-26/h3-6,11,13,22,24-25H,1-2,7-10,12,21H2/p+2. The van der Waals surface area contributed by atoms with E-state index >= 15 is 0 Å². The van der Waals surface area contributed by atoms with E-state index in [4.69, 9.17) is 17.4 Å². The van der Waals surface area contributed by atoms with Crippen LogP contribution < -0.4 is 31.8 Å². The number of hydrazine groups is 1. The van der Waals surface area contributed by atoms with Crippen LogP contribution in [0.25, 0.3) is 11.1 Å². The first kappa shape index (κ1) is 17.5. The van der Waals surface area contributed by atoms with Gasteiger partial charge in [0.2, 0.25) is 0 Å². The van der Waals surface area contributed by atoms with Crippen molar-refractivity contribution in [3.63, 3.8) is 0 Å². The van der Waals surface area contributed by atoms with Crippen LogP contribution in [-0.4, -0.2) is 32.7 Å². The fourth-order valence-corrected chi connectivity index (χ4v) is 3.82. The Hall–Kier alpha value is -1.86. The second-order valence-electron chi connectivity index (χ2n) is 7.12. The lowest BCUT2D eigenvalue weighted by molar-refractivity contribution is -0.573. The summed E-state index contributed by atoms with van der Waals surface area (Å²) in [7, 11) is 0. The number of pyridine rings is 1. The van der Waals surface area contributed by atoms with E-state index in [-0.39, 0.29) is 0 Å². The molecule has 1 aromatic heterocycles. The first-order chi connectivity index (χ1) is 12.8.